The third-order valence-corrected chi connectivity index (χ3v) is 5.04. The van der Waals surface area contributed by atoms with Crippen LogP contribution in [0.25, 0.3) is 5.52 Å². The van der Waals surface area contributed by atoms with Crippen LogP contribution < -0.4 is 5.32 Å². The Labute approximate surface area is 157 Å². The monoisotopic (exact) mass is 362 g/mol. The van der Waals surface area contributed by atoms with Gasteiger partial charge in [0.25, 0.3) is 5.91 Å². The standard InChI is InChI=1S/C21H22N4O2/c1-15(26)24-13-7-11-18(24)20-23-19(17-10-5-6-12-25(17)20)21(27)22-14-16-8-3-2-4-9-16/h2-6,8-10,12,18H,7,11,13-14H2,1H3,(H,22,27). The van der Waals surface area contributed by atoms with Crippen molar-refractivity contribution in [3.63, 3.8) is 0 Å². The summed E-state index contributed by atoms with van der Waals surface area (Å²) in [5.74, 6) is 0.588. The second kappa shape index (κ2) is 7.23. The highest BCUT2D eigenvalue weighted by Crippen LogP contribution is 2.32. The van der Waals surface area contributed by atoms with E-state index >= 15 is 0 Å². The fraction of sp³-hybridized carbons (Fsp3) is 0.286. The van der Waals surface area contributed by atoms with E-state index in [0.717, 1.165) is 36.3 Å². The lowest BCUT2D eigenvalue weighted by Crippen LogP contribution is -2.29. The molecular formula is C21H22N4O2. The first kappa shape index (κ1) is 17.3. The number of imidazole rings is 1. The molecule has 2 aromatic heterocycles. The van der Waals surface area contributed by atoms with Crippen LogP contribution in [0.15, 0.2) is 54.7 Å². The lowest BCUT2D eigenvalue weighted by molar-refractivity contribution is -0.129. The van der Waals surface area contributed by atoms with Crippen LogP contribution in [0.1, 0.15) is 47.7 Å². The summed E-state index contributed by atoms with van der Waals surface area (Å²) in [5.41, 5.74) is 2.19. The van der Waals surface area contributed by atoms with Crippen LogP contribution in [0, 0.1) is 0 Å². The number of rotatable bonds is 4. The summed E-state index contributed by atoms with van der Waals surface area (Å²) in [6, 6.07) is 15.4. The number of carbonyl (C=O) groups excluding carboxylic acids is 2. The van der Waals surface area contributed by atoms with Crippen LogP contribution in [-0.2, 0) is 11.3 Å². The van der Waals surface area contributed by atoms with Crippen molar-refractivity contribution in [2.24, 2.45) is 0 Å². The molecule has 0 saturated carbocycles. The van der Waals surface area contributed by atoms with E-state index in [2.05, 4.69) is 10.3 Å². The predicted octanol–water partition coefficient (Wildman–Crippen LogP) is 2.95. The van der Waals surface area contributed by atoms with E-state index in [9.17, 15) is 9.59 Å². The maximum Gasteiger partial charge on any atom is 0.272 e. The van der Waals surface area contributed by atoms with E-state index in [-0.39, 0.29) is 17.9 Å². The highest BCUT2D eigenvalue weighted by atomic mass is 16.2. The quantitative estimate of drug-likeness (QED) is 0.776. The van der Waals surface area contributed by atoms with Gasteiger partial charge < -0.3 is 14.6 Å². The van der Waals surface area contributed by atoms with Crippen molar-refractivity contribution in [2.45, 2.75) is 32.4 Å². The van der Waals surface area contributed by atoms with Crippen LogP contribution in [0.2, 0.25) is 0 Å². The minimum Gasteiger partial charge on any atom is -0.347 e. The Bertz CT molecular complexity index is 980. The van der Waals surface area contributed by atoms with Crippen LogP contribution >= 0.6 is 0 Å². The molecular weight excluding hydrogens is 340 g/mol. The zero-order valence-corrected chi connectivity index (χ0v) is 15.3. The van der Waals surface area contributed by atoms with Gasteiger partial charge in [-0.2, -0.15) is 0 Å². The van der Waals surface area contributed by atoms with Crippen molar-refractivity contribution >= 4 is 17.3 Å². The van der Waals surface area contributed by atoms with E-state index < -0.39 is 0 Å². The van der Waals surface area contributed by atoms with Gasteiger partial charge in [-0.05, 0) is 30.5 Å². The molecule has 1 unspecified atom stereocenters. The predicted molar refractivity (Wildman–Crippen MR) is 102 cm³/mol. The van der Waals surface area contributed by atoms with Gasteiger partial charge in [-0.25, -0.2) is 4.98 Å². The maximum atomic E-state index is 12.8. The average Bonchev–Trinajstić information content (AvgIpc) is 3.31. The molecule has 138 valence electrons. The van der Waals surface area contributed by atoms with Crippen molar-refractivity contribution in [1.82, 2.24) is 19.6 Å². The van der Waals surface area contributed by atoms with E-state index in [1.54, 1.807) is 6.92 Å². The Morgan fingerprint density at radius 3 is 2.70 bits per heavy atom. The van der Waals surface area contributed by atoms with Gasteiger partial charge in [-0.15, -0.1) is 0 Å². The number of nitrogens with one attached hydrogen (secondary N) is 1. The summed E-state index contributed by atoms with van der Waals surface area (Å²) in [5, 5.41) is 2.95. The Hall–Kier alpha value is -3.15. The zero-order valence-electron chi connectivity index (χ0n) is 15.3. The average molecular weight is 362 g/mol. The Morgan fingerprint density at radius 2 is 1.93 bits per heavy atom. The molecule has 2 amide bonds. The number of nitrogens with zero attached hydrogens (tertiary/aromatic N) is 3. The Morgan fingerprint density at radius 1 is 1.15 bits per heavy atom. The lowest BCUT2D eigenvalue weighted by Gasteiger charge is -2.22. The summed E-state index contributed by atoms with van der Waals surface area (Å²) in [6.45, 7) is 2.77. The van der Waals surface area contributed by atoms with Gasteiger partial charge in [0.2, 0.25) is 5.91 Å². The van der Waals surface area contributed by atoms with E-state index in [1.807, 2.05) is 64.0 Å². The number of fused-ring (bicyclic) bond motifs is 1. The highest BCUT2D eigenvalue weighted by Gasteiger charge is 2.32. The van der Waals surface area contributed by atoms with Crippen molar-refractivity contribution < 1.29 is 9.59 Å². The number of pyridine rings is 1. The first-order chi connectivity index (χ1) is 13.1. The molecule has 1 aliphatic heterocycles. The molecule has 1 fully saturated rings. The van der Waals surface area contributed by atoms with Crippen molar-refractivity contribution in [3.05, 3.63) is 71.8 Å². The minimum atomic E-state index is -0.207. The smallest absolute Gasteiger partial charge is 0.272 e. The Balaban J connectivity index is 1.65. The van der Waals surface area contributed by atoms with Crippen LogP contribution in [-0.4, -0.2) is 32.6 Å². The summed E-state index contributed by atoms with van der Waals surface area (Å²) in [6.07, 6.45) is 3.71. The van der Waals surface area contributed by atoms with Crippen LogP contribution in [0.3, 0.4) is 0 Å². The normalized spacial score (nSPS) is 16.6. The van der Waals surface area contributed by atoms with Crippen molar-refractivity contribution in [1.29, 1.82) is 0 Å². The highest BCUT2D eigenvalue weighted by molar-refractivity contribution is 5.99. The van der Waals surface area contributed by atoms with Crippen LogP contribution in [0.5, 0.6) is 0 Å². The molecule has 1 aliphatic rings. The number of hydrogen-bond acceptors (Lipinski definition) is 3. The third kappa shape index (κ3) is 3.30. The molecule has 27 heavy (non-hydrogen) atoms. The molecule has 0 spiro atoms. The molecule has 1 saturated heterocycles. The van der Waals surface area contributed by atoms with Gasteiger partial charge in [0.05, 0.1) is 11.6 Å². The van der Waals surface area contributed by atoms with Gasteiger partial charge in [0.1, 0.15) is 5.82 Å². The van der Waals surface area contributed by atoms with Gasteiger partial charge >= 0.3 is 0 Å². The second-order valence-corrected chi connectivity index (χ2v) is 6.81. The number of benzene rings is 1. The van der Waals surface area contributed by atoms with Crippen LogP contribution in [0.4, 0.5) is 0 Å². The molecule has 0 radical (unpaired) electrons. The van der Waals surface area contributed by atoms with Gasteiger partial charge in [0, 0.05) is 26.2 Å². The van der Waals surface area contributed by atoms with Gasteiger partial charge in [-0.3, -0.25) is 9.59 Å². The summed E-state index contributed by atoms with van der Waals surface area (Å²) >= 11 is 0. The third-order valence-electron chi connectivity index (χ3n) is 5.04. The largest absolute Gasteiger partial charge is 0.347 e. The minimum absolute atomic E-state index is 0.0419. The fourth-order valence-electron chi connectivity index (χ4n) is 3.74. The molecule has 6 heteroatoms. The fourth-order valence-corrected chi connectivity index (χ4v) is 3.74. The lowest BCUT2D eigenvalue weighted by atomic mass is 10.2. The molecule has 6 nitrogen and oxygen atoms in total. The molecule has 1 N–H and O–H groups in total. The molecule has 1 atom stereocenters. The van der Waals surface area contributed by atoms with E-state index in [4.69, 9.17) is 0 Å². The second-order valence-electron chi connectivity index (χ2n) is 6.81. The molecule has 3 heterocycles. The molecule has 1 aromatic carbocycles. The molecule has 0 bridgehead atoms. The SMILES string of the molecule is CC(=O)N1CCCC1c1nc(C(=O)NCc2ccccc2)c2ccccn12. The topological polar surface area (TPSA) is 66.7 Å². The van der Waals surface area contributed by atoms with Crippen molar-refractivity contribution in [3.8, 4) is 0 Å². The zero-order chi connectivity index (χ0) is 18.8. The summed E-state index contributed by atoms with van der Waals surface area (Å²) in [4.78, 5) is 31.3. The summed E-state index contributed by atoms with van der Waals surface area (Å²) in [7, 11) is 0. The van der Waals surface area contributed by atoms with Crippen molar-refractivity contribution in [2.75, 3.05) is 6.54 Å². The van der Waals surface area contributed by atoms with E-state index in [1.165, 1.54) is 0 Å². The number of likely N-dealkylation sites (tertiary alicyclic amines) is 1. The molecule has 0 aliphatic carbocycles. The molecule has 3 aromatic rings. The van der Waals surface area contributed by atoms with E-state index in [0.29, 0.717) is 12.2 Å². The first-order valence-electron chi connectivity index (χ1n) is 9.21. The summed E-state index contributed by atoms with van der Waals surface area (Å²) < 4.78 is 1.93. The van der Waals surface area contributed by atoms with Gasteiger partial charge in [0.15, 0.2) is 5.69 Å². The first-order valence-corrected chi connectivity index (χ1v) is 9.21. The number of amides is 2. The maximum absolute atomic E-state index is 12.8. The molecule has 4 rings (SSSR count). The number of hydrogen-bond donors (Lipinski definition) is 1. The number of aromatic nitrogens is 2. The Kier molecular flexibility index (Phi) is 4.62. The van der Waals surface area contributed by atoms with Gasteiger partial charge in [-0.1, -0.05) is 36.4 Å². The number of carbonyl (C=O) groups is 2.